The molecule has 1 heterocycles. The molecule has 166 valence electrons. The summed E-state index contributed by atoms with van der Waals surface area (Å²) in [5.41, 5.74) is 2.95. The summed E-state index contributed by atoms with van der Waals surface area (Å²) in [6.45, 7) is 2.81. The van der Waals surface area contributed by atoms with E-state index in [0.717, 1.165) is 9.87 Å². The minimum Gasteiger partial charge on any atom is -0.489 e. The molecular formula is C20H22FN3O6S. The summed E-state index contributed by atoms with van der Waals surface area (Å²) < 4.78 is 45.9. The minimum absolute atomic E-state index is 0.0955. The summed E-state index contributed by atoms with van der Waals surface area (Å²) in [4.78, 5) is 23.8. The molecule has 2 amide bonds. The van der Waals surface area contributed by atoms with Crippen LogP contribution in [0.15, 0.2) is 47.4 Å². The van der Waals surface area contributed by atoms with Gasteiger partial charge in [0, 0.05) is 0 Å². The largest absolute Gasteiger partial charge is 0.489 e. The zero-order valence-corrected chi connectivity index (χ0v) is 17.6. The molecule has 31 heavy (non-hydrogen) atoms. The van der Waals surface area contributed by atoms with Crippen molar-refractivity contribution >= 4 is 21.8 Å². The lowest BCUT2D eigenvalue weighted by Crippen LogP contribution is -2.65. The van der Waals surface area contributed by atoms with E-state index >= 15 is 0 Å². The average Bonchev–Trinajstić information content (AvgIpc) is 2.73. The molecule has 0 aliphatic carbocycles. The zero-order valence-electron chi connectivity index (χ0n) is 16.8. The van der Waals surface area contributed by atoms with Crippen molar-refractivity contribution < 1.29 is 32.3 Å². The van der Waals surface area contributed by atoms with E-state index in [0.29, 0.717) is 11.3 Å². The molecule has 0 saturated carbocycles. The molecule has 1 aliphatic heterocycles. The lowest BCUT2D eigenvalue weighted by atomic mass is 10.1. The molecular weight excluding hydrogens is 429 g/mol. The van der Waals surface area contributed by atoms with Crippen LogP contribution in [-0.4, -0.2) is 48.4 Å². The lowest BCUT2D eigenvalue weighted by molar-refractivity contribution is -0.137. The van der Waals surface area contributed by atoms with Gasteiger partial charge in [-0.15, -0.1) is 0 Å². The molecule has 1 aliphatic rings. The number of hydrogen-bond acceptors (Lipinski definition) is 6. The van der Waals surface area contributed by atoms with Crippen LogP contribution in [0.4, 0.5) is 4.39 Å². The summed E-state index contributed by atoms with van der Waals surface area (Å²) in [7, 11) is -4.23. The number of carbonyl (C=O) groups excluding carboxylic acids is 2. The molecule has 9 nitrogen and oxygen atoms in total. The first-order valence-electron chi connectivity index (χ1n) is 9.36. The Bertz CT molecular complexity index is 1090. The number of benzene rings is 2. The Morgan fingerprint density at radius 1 is 1.29 bits per heavy atom. The van der Waals surface area contributed by atoms with Gasteiger partial charge in [0.25, 0.3) is 5.91 Å². The smallest absolute Gasteiger partial charge is 0.263 e. The van der Waals surface area contributed by atoms with Crippen molar-refractivity contribution in [3.63, 3.8) is 0 Å². The van der Waals surface area contributed by atoms with Crippen LogP contribution >= 0.6 is 0 Å². The van der Waals surface area contributed by atoms with Gasteiger partial charge in [-0.1, -0.05) is 6.07 Å². The maximum Gasteiger partial charge on any atom is 0.263 e. The van der Waals surface area contributed by atoms with E-state index < -0.39 is 40.5 Å². The highest BCUT2D eigenvalue weighted by atomic mass is 32.2. The second-order valence-corrected chi connectivity index (χ2v) is 9.05. The van der Waals surface area contributed by atoms with E-state index in [1.807, 2.05) is 6.92 Å². The maximum atomic E-state index is 13.4. The molecule has 2 atom stereocenters. The fourth-order valence-corrected chi connectivity index (χ4v) is 4.94. The van der Waals surface area contributed by atoms with E-state index in [1.165, 1.54) is 48.8 Å². The fraction of sp³-hybridized carbons (Fsp3) is 0.300. The highest BCUT2D eigenvalue weighted by Gasteiger charge is 2.44. The van der Waals surface area contributed by atoms with Crippen LogP contribution in [-0.2, 0) is 26.2 Å². The van der Waals surface area contributed by atoms with Crippen LogP contribution in [0.3, 0.4) is 0 Å². The van der Waals surface area contributed by atoms with Crippen LogP contribution in [0, 0.1) is 12.7 Å². The molecule has 2 aromatic rings. The highest BCUT2D eigenvalue weighted by Crippen LogP contribution is 2.25. The number of hydroxylamine groups is 1. The van der Waals surface area contributed by atoms with Crippen LogP contribution in [0.1, 0.15) is 18.1 Å². The molecule has 1 saturated heterocycles. The number of piperazine rings is 1. The lowest BCUT2D eigenvalue weighted by Gasteiger charge is -2.37. The topological polar surface area (TPSA) is 125 Å². The molecule has 0 radical (unpaired) electrons. The molecule has 2 aromatic carbocycles. The number of amides is 2. The minimum atomic E-state index is -4.23. The van der Waals surface area contributed by atoms with Gasteiger partial charge in [-0.25, -0.2) is 18.3 Å². The Labute approximate surface area is 178 Å². The molecule has 3 rings (SSSR count). The second-order valence-electron chi connectivity index (χ2n) is 7.16. The maximum absolute atomic E-state index is 13.4. The van der Waals surface area contributed by atoms with Gasteiger partial charge in [0.05, 0.1) is 17.5 Å². The van der Waals surface area contributed by atoms with Crippen LogP contribution < -0.4 is 15.5 Å². The van der Waals surface area contributed by atoms with Crippen LogP contribution in [0.5, 0.6) is 5.75 Å². The molecule has 0 bridgehead atoms. The molecule has 0 spiro atoms. The predicted molar refractivity (Wildman–Crippen MR) is 107 cm³/mol. The highest BCUT2D eigenvalue weighted by molar-refractivity contribution is 7.89. The Morgan fingerprint density at radius 3 is 2.61 bits per heavy atom. The summed E-state index contributed by atoms with van der Waals surface area (Å²) in [6.07, 6.45) is 0. The van der Waals surface area contributed by atoms with Crippen molar-refractivity contribution in [1.82, 2.24) is 15.1 Å². The Kier molecular flexibility index (Phi) is 6.58. The SMILES string of the molecule is Cc1ccc(F)cc1COc1ccc(S(=O)(=O)N2CC(=O)NC(C)[C@@H]2C(=O)NO)cc1. The first-order valence-corrected chi connectivity index (χ1v) is 10.8. The van der Waals surface area contributed by atoms with Crippen molar-refractivity contribution in [1.29, 1.82) is 0 Å². The molecule has 1 unspecified atom stereocenters. The van der Waals surface area contributed by atoms with Gasteiger partial charge in [-0.05, 0) is 61.4 Å². The van der Waals surface area contributed by atoms with E-state index in [1.54, 1.807) is 6.07 Å². The summed E-state index contributed by atoms with van der Waals surface area (Å²) in [5, 5.41) is 11.5. The Balaban J connectivity index is 1.80. The van der Waals surface area contributed by atoms with E-state index in [4.69, 9.17) is 9.94 Å². The van der Waals surface area contributed by atoms with Crippen molar-refractivity contribution in [3.8, 4) is 5.75 Å². The molecule has 11 heteroatoms. The fourth-order valence-electron chi connectivity index (χ4n) is 3.33. The van der Waals surface area contributed by atoms with Crippen LogP contribution in [0.2, 0.25) is 0 Å². The van der Waals surface area contributed by atoms with E-state index in [2.05, 4.69) is 5.32 Å². The van der Waals surface area contributed by atoms with Crippen molar-refractivity contribution in [2.75, 3.05) is 6.54 Å². The Morgan fingerprint density at radius 2 is 1.97 bits per heavy atom. The summed E-state index contributed by atoms with van der Waals surface area (Å²) >= 11 is 0. The Hall–Kier alpha value is -3.02. The van der Waals surface area contributed by atoms with Crippen LogP contribution in [0.25, 0.3) is 0 Å². The van der Waals surface area contributed by atoms with Gasteiger partial charge in [0.2, 0.25) is 15.9 Å². The number of halogens is 1. The van der Waals surface area contributed by atoms with Gasteiger partial charge in [-0.2, -0.15) is 4.31 Å². The summed E-state index contributed by atoms with van der Waals surface area (Å²) in [5.74, 6) is -1.55. The number of nitrogens with one attached hydrogen (secondary N) is 2. The average molecular weight is 451 g/mol. The molecule has 0 aromatic heterocycles. The normalized spacial score (nSPS) is 19.5. The van der Waals surface area contributed by atoms with E-state index in [9.17, 15) is 22.4 Å². The number of carbonyl (C=O) groups is 2. The number of aryl methyl sites for hydroxylation is 1. The number of rotatable bonds is 6. The monoisotopic (exact) mass is 451 g/mol. The number of nitrogens with zero attached hydrogens (tertiary/aromatic N) is 1. The van der Waals surface area contributed by atoms with Gasteiger partial charge in [0.15, 0.2) is 0 Å². The molecule has 1 fully saturated rings. The second kappa shape index (κ2) is 9.00. The zero-order chi connectivity index (χ0) is 22.8. The predicted octanol–water partition coefficient (Wildman–Crippen LogP) is 1.10. The number of sulfonamides is 1. The van der Waals surface area contributed by atoms with Gasteiger partial charge in [-0.3, -0.25) is 14.8 Å². The number of hydrogen-bond donors (Lipinski definition) is 3. The summed E-state index contributed by atoms with van der Waals surface area (Å²) in [6, 6.07) is 7.61. The van der Waals surface area contributed by atoms with Gasteiger partial charge in [0.1, 0.15) is 24.2 Å². The van der Waals surface area contributed by atoms with Gasteiger partial charge >= 0.3 is 0 Å². The third-order valence-electron chi connectivity index (χ3n) is 4.99. The first kappa shape index (κ1) is 22.7. The third kappa shape index (κ3) is 4.84. The van der Waals surface area contributed by atoms with E-state index in [-0.39, 0.29) is 17.3 Å². The molecule has 3 N–H and O–H groups in total. The first-order chi connectivity index (χ1) is 14.6. The van der Waals surface area contributed by atoms with Crippen molar-refractivity contribution in [2.24, 2.45) is 0 Å². The van der Waals surface area contributed by atoms with Crippen molar-refractivity contribution in [2.45, 2.75) is 37.4 Å². The third-order valence-corrected chi connectivity index (χ3v) is 6.83. The standard InChI is InChI=1S/C20H22FN3O6S/c1-12-3-4-15(21)9-14(12)11-30-16-5-7-17(8-6-16)31(28,29)24-10-18(25)22-13(2)19(24)20(26)23-27/h3-9,13,19,27H,10-11H2,1-2H3,(H,22,25)(H,23,26)/t13?,19-/m1/s1. The quantitative estimate of drug-likeness (QED) is 0.446. The van der Waals surface area contributed by atoms with Crippen molar-refractivity contribution in [3.05, 3.63) is 59.4 Å². The van der Waals surface area contributed by atoms with Gasteiger partial charge < -0.3 is 10.1 Å². The number of ether oxygens (including phenoxy) is 1.